The molecule has 4 N–H and O–H groups in total. The largest absolute Gasteiger partial charge is 0.416 e. The van der Waals surface area contributed by atoms with Gasteiger partial charge in [-0.2, -0.15) is 13.2 Å². The molecule has 1 unspecified atom stereocenters. The summed E-state index contributed by atoms with van der Waals surface area (Å²) in [5.41, 5.74) is 5.60. The second-order valence-electron chi connectivity index (χ2n) is 7.11. The van der Waals surface area contributed by atoms with E-state index in [1.165, 1.54) is 18.2 Å². The van der Waals surface area contributed by atoms with Crippen LogP contribution in [0.2, 0.25) is 0 Å². The Kier molecular flexibility index (Phi) is 5.33. The molecule has 4 rings (SSSR count). The lowest BCUT2D eigenvalue weighted by Crippen LogP contribution is -2.30. The zero-order chi connectivity index (χ0) is 23.0. The maximum Gasteiger partial charge on any atom is 0.416 e. The van der Waals surface area contributed by atoms with E-state index in [9.17, 15) is 22.0 Å². The van der Waals surface area contributed by atoms with E-state index in [0.717, 1.165) is 12.1 Å². The maximum atomic E-state index is 13.9. The fourth-order valence-electron chi connectivity index (χ4n) is 3.48. The molecule has 0 amide bonds. The van der Waals surface area contributed by atoms with E-state index >= 15 is 0 Å². The summed E-state index contributed by atoms with van der Waals surface area (Å²) in [5, 5.41) is 5.86. The predicted octanol–water partition coefficient (Wildman–Crippen LogP) is 5.70. The van der Waals surface area contributed by atoms with Gasteiger partial charge in [0.15, 0.2) is 0 Å². The Morgan fingerprint density at radius 2 is 1.72 bits per heavy atom. The minimum atomic E-state index is -4.57. The van der Waals surface area contributed by atoms with Crippen LogP contribution < -0.4 is 16.4 Å². The van der Waals surface area contributed by atoms with Gasteiger partial charge >= 0.3 is 6.18 Å². The smallest absolute Gasteiger partial charge is 0.396 e. The fourth-order valence-corrected chi connectivity index (χ4v) is 3.48. The molecule has 1 aliphatic rings. The zero-order valence-corrected chi connectivity index (χ0v) is 16.5. The van der Waals surface area contributed by atoms with Gasteiger partial charge in [-0.05, 0) is 24.3 Å². The van der Waals surface area contributed by atoms with Crippen LogP contribution in [0.4, 0.5) is 33.3 Å². The van der Waals surface area contributed by atoms with Crippen molar-refractivity contribution >= 4 is 22.9 Å². The highest BCUT2D eigenvalue weighted by atomic mass is 19.4. The number of anilines is 2. The Bertz CT molecular complexity index is 1230. The molecule has 9 heteroatoms. The van der Waals surface area contributed by atoms with Crippen molar-refractivity contribution < 1.29 is 22.0 Å². The van der Waals surface area contributed by atoms with Crippen molar-refractivity contribution in [1.82, 2.24) is 5.32 Å². The van der Waals surface area contributed by atoms with Crippen LogP contribution in [0.15, 0.2) is 72.2 Å². The Hall–Kier alpha value is -3.88. The van der Waals surface area contributed by atoms with Crippen LogP contribution in [0.5, 0.6) is 0 Å². The van der Waals surface area contributed by atoms with Crippen molar-refractivity contribution in [2.45, 2.75) is 12.3 Å². The number of nitrogens with zero attached hydrogens (tertiary/aromatic N) is 1. The van der Waals surface area contributed by atoms with E-state index < -0.39 is 29.5 Å². The molecule has 3 aromatic rings. The first-order valence-corrected chi connectivity index (χ1v) is 9.46. The molecule has 0 bridgehead atoms. The Morgan fingerprint density at radius 1 is 1.03 bits per heavy atom. The van der Waals surface area contributed by atoms with E-state index in [2.05, 4.69) is 22.2 Å². The molecule has 32 heavy (non-hydrogen) atoms. The first kappa shape index (κ1) is 21.4. The van der Waals surface area contributed by atoms with Gasteiger partial charge in [0.05, 0.1) is 11.3 Å². The molecule has 1 heterocycles. The number of nitrogens with two attached hydrogens (primary N) is 1. The monoisotopic (exact) mass is 444 g/mol. The van der Waals surface area contributed by atoms with Crippen molar-refractivity contribution in [3.8, 4) is 0 Å². The lowest BCUT2D eigenvalue weighted by molar-refractivity contribution is -0.138. The molecule has 0 aliphatic carbocycles. The number of alkyl halides is 3. The second-order valence-corrected chi connectivity index (χ2v) is 7.11. The van der Waals surface area contributed by atoms with Gasteiger partial charge in [0.25, 0.3) is 0 Å². The van der Waals surface area contributed by atoms with E-state index in [1.54, 1.807) is 24.3 Å². The number of fused-ring (bicyclic) bond motifs is 1. The first-order valence-electron chi connectivity index (χ1n) is 9.46. The molecule has 0 radical (unpaired) electrons. The molecule has 1 atom stereocenters. The number of benzene rings is 3. The SMILES string of the molecule is C=C(NC1=NC(c2ccccc2C(F)(F)F)Nc2ccccc21)c1cc(F)cc(F)c1N. The van der Waals surface area contributed by atoms with Crippen LogP contribution in [0.1, 0.15) is 28.4 Å². The molecular formula is C23H17F5N4. The van der Waals surface area contributed by atoms with Gasteiger partial charge in [0, 0.05) is 34.1 Å². The van der Waals surface area contributed by atoms with Gasteiger partial charge in [0.2, 0.25) is 0 Å². The van der Waals surface area contributed by atoms with Crippen molar-refractivity contribution in [2.24, 2.45) is 4.99 Å². The number of halogens is 5. The second kappa shape index (κ2) is 7.99. The molecule has 4 nitrogen and oxygen atoms in total. The molecule has 164 valence electrons. The molecule has 0 fully saturated rings. The summed E-state index contributed by atoms with van der Waals surface area (Å²) in [7, 11) is 0. The van der Waals surface area contributed by atoms with Crippen molar-refractivity contribution in [3.63, 3.8) is 0 Å². The minimum absolute atomic E-state index is 0.0199. The van der Waals surface area contributed by atoms with Crippen molar-refractivity contribution in [3.05, 3.63) is 101 Å². The van der Waals surface area contributed by atoms with E-state index in [1.807, 2.05) is 0 Å². The lowest BCUT2D eigenvalue weighted by Gasteiger charge is -2.28. The molecule has 0 saturated heterocycles. The number of amidine groups is 1. The quantitative estimate of drug-likeness (QED) is 0.359. The van der Waals surface area contributed by atoms with Gasteiger partial charge in [-0.1, -0.05) is 36.9 Å². The van der Waals surface area contributed by atoms with Crippen molar-refractivity contribution in [2.75, 3.05) is 11.1 Å². The van der Waals surface area contributed by atoms with Crippen molar-refractivity contribution in [1.29, 1.82) is 0 Å². The van der Waals surface area contributed by atoms with Gasteiger partial charge in [-0.15, -0.1) is 0 Å². The molecular weight excluding hydrogens is 427 g/mol. The van der Waals surface area contributed by atoms with Gasteiger partial charge in [-0.25, -0.2) is 13.8 Å². The summed E-state index contributed by atoms with van der Waals surface area (Å²) in [6.07, 6.45) is -5.64. The third-order valence-electron chi connectivity index (χ3n) is 4.98. The molecule has 1 aliphatic heterocycles. The molecule has 0 aromatic heterocycles. The number of nitrogen functional groups attached to an aromatic ring is 1. The Morgan fingerprint density at radius 3 is 2.47 bits per heavy atom. The predicted molar refractivity (Wildman–Crippen MR) is 114 cm³/mol. The molecule has 0 saturated carbocycles. The standard InChI is InChI=1S/C23H17F5N4/c1-12(16-10-13(24)11-18(25)20(16)29)30-22-15-7-3-5-9-19(15)31-21(32-22)14-6-2-4-8-17(14)23(26,27)28/h2-11,21,31H,1,29H2,(H,30,32). The minimum Gasteiger partial charge on any atom is -0.396 e. The summed E-state index contributed by atoms with van der Waals surface area (Å²) < 4.78 is 68.3. The van der Waals surface area contributed by atoms with Crippen LogP contribution in [0.3, 0.4) is 0 Å². The third kappa shape index (κ3) is 4.01. The normalized spacial score (nSPS) is 15.4. The summed E-state index contributed by atoms with van der Waals surface area (Å²) in [4.78, 5) is 4.41. The van der Waals surface area contributed by atoms with Crippen LogP contribution in [0.25, 0.3) is 5.70 Å². The van der Waals surface area contributed by atoms with Crippen LogP contribution in [-0.4, -0.2) is 5.84 Å². The van der Waals surface area contributed by atoms with Gasteiger partial charge < -0.3 is 16.4 Å². The number of nitrogens with one attached hydrogen (secondary N) is 2. The summed E-state index contributed by atoms with van der Waals surface area (Å²) in [6, 6.07) is 13.6. The topological polar surface area (TPSA) is 62.4 Å². The number of para-hydroxylation sites is 1. The Balaban J connectivity index is 1.77. The summed E-state index contributed by atoms with van der Waals surface area (Å²) >= 11 is 0. The Labute approximate surface area is 180 Å². The van der Waals surface area contributed by atoms with E-state index in [4.69, 9.17) is 5.73 Å². The molecule has 0 spiro atoms. The average molecular weight is 444 g/mol. The average Bonchev–Trinajstić information content (AvgIpc) is 2.75. The zero-order valence-electron chi connectivity index (χ0n) is 16.5. The van der Waals surface area contributed by atoms with Crippen LogP contribution in [-0.2, 0) is 6.18 Å². The number of hydrogen-bond donors (Lipinski definition) is 3. The fraction of sp³-hybridized carbons (Fsp3) is 0.0870. The number of aliphatic imine (C=N–C) groups is 1. The highest BCUT2D eigenvalue weighted by molar-refractivity contribution is 6.08. The lowest BCUT2D eigenvalue weighted by atomic mass is 10.0. The van der Waals surface area contributed by atoms with Gasteiger partial charge in [0.1, 0.15) is 23.6 Å². The number of rotatable bonds is 3. The third-order valence-corrected chi connectivity index (χ3v) is 4.98. The highest BCUT2D eigenvalue weighted by Crippen LogP contribution is 2.38. The molecule has 3 aromatic carbocycles. The first-order chi connectivity index (χ1) is 15.1. The maximum absolute atomic E-state index is 13.9. The van der Waals surface area contributed by atoms with E-state index in [0.29, 0.717) is 17.3 Å². The van der Waals surface area contributed by atoms with E-state index in [-0.39, 0.29) is 28.3 Å². The van der Waals surface area contributed by atoms with Crippen LogP contribution in [0, 0.1) is 11.6 Å². The summed E-state index contributed by atoms with van der Waals surface area (Å²) in [6.45, 7) is 3.78. The highest BCUT2D eigenvalue weighted by Gasteiger charge is 2.36. The van der Waals surface area contributed by atoms with Gasteiger partial charge in [-0.3, -0.25) is 0 Å². The summed E-state index contributed by atoms with van der Waals surface area (Å²) in [5.74, 6) is -1.62. The number of hydrogen-bond acceptors (Lipinski definition) is 4. The van der Waals surface area contributed by atoms with Crippen LogP contribution >= 0.6 is 0 Å².